The van der Waals surface area contributed by atoms with E-state index in [9.17, 15) is 0 Å². The van der Waals surface area contributed by atoms with Crippen molar-refractivity contribution in [2.75, 3.05) is 14.1 Å². The third-order valence-corrected chi connectivity index (χ3v) is 6.47. The molecule has 2 N–H and O–H groups in total. The molecule has 8 heteroatoms. The number of thiophene rings is 1. The van der Waals surface area contributed by atoms with E-state index in [1.807, 2.05) is 24.7 Å². The molecule has 0 bridgehead atoms. The number of aromatic nitrogens is 6. The Morgan fingerprint density at radius 1 is 1.00 bits per heavy atom. The molecule has 5 heterocycles. The van der Waals surface area contributed by atoms with Crippen LogP contribution in [0.4, 0.5) is 0 Å². The number of para-hydroxylation sites is 1. The summed E-state index contributed by atoms with van der Waals surface area (Å²) in [6.07, 6.45) is 5.63. The van der Waals surface area contributed by atoms with Crippen LogP contribution in [0.2, 0.25) is 0 Å². The van der Waals surface area contributed by atoms with E-state index in [1.54, 1.807) is 11.3 Å². The van der Waals surface area contributed by atoms with Crippen molar-refractivity contribution in [3.8, 4) is 33.1 Å². The summed E-state index contributed by atoms with van der Waals surface area (Å²) in [5.41, 5.74) is 7.70. The monoisotopic (exact) mass is 451 g/mol. The Morgan fingerprint density at radius 2 is 1.91 bits per heavy atom. The summed E-state index contributed by atoms with van der Waals surface area (Å²) in [6, 6.07) is 14.6. The average Bonchev–Trinajstić information content (AvgIpc) is 3.57. The minimum atomic E-state index is 0.721. The highest BCUT2D eigenvalue weighted by atomic mass is 32.1. The van der Waals surface area contributed by atoms with Crippen LogP contribution in [0.15, 0.2) is 66.4 Å². The number of pyridine rings is 2. The lowest BCUT2D eigenvalue weighted by Crippen LogP contribution is -2.10. The number of nitrogens with zero attached hydrogens (tertiary/aromatic N) is 5. The van der Waals surface area contributed by atoms with Crippen molar-refractivity contribution >= 4 is 33.4 Å². The van der Waals surface area contributed by atoms with Crippen LogP contribution >= 0.6 is 11.3 Å². The summed E-state index contributed by atoms with van der Waals surface area (Å²) in [7, 11) is 4.10. The Balaban J connectivity index is 1.45. The van der Waals surface area contributed by atoms with E-state index >= 15 is 0 Å². The van der Waals surface area contributed by atoms with Gasteiger partial charge in [0.15, 0.2) is 11.5 Å². The van der Waals surface area contributed by atoms with Gasteiger partial charge in [-0.1, -0.05) is 18.2 Å². The number of hydrogen-bond acceptors (Lipinski definition) is 6. The fraction of sp³-hybridized carbons (Fsp3) is 0.120. The van der Waals surface area contributed by atoms with Gasteiger partial charge < -0.3 is 9.88 Å². The second-order valence-electron chi connectivity index (χ2n) is 8.28. The summed E-state index contributed by atoms with van der Waals surface area (Å²) in [6.45, 7) is 0.832. The second kappa shape index (κ2) is 7.91. The summed E-state index contributed by atoms with van der Waals surface area (Å²) < 4.78 is 0. The molecular formula is C25H21N7S. The first-order valence-electron chi connectivity index (χ1n) is 10.6. The minimum absolute atomic E-state index is 0.721. The van der Waals surface area contributed by atoms with Gasteiger partial charge in [0.2, 0.25) is 0 Å². The minimum Gasteiger partial charge on any atom is -0.337 e. The molecule has 1 aromatic carbocycles. The van der Waals surface area contributed by atoms with Gasteiger partial charge in [-0.05, 0) is 49.3 Å². The number of imidazole rings is 1. The molecule has 0 fully saturated rings. The fourth-order valence-electron chi connectivity index (χ4n) is 4.11. The number of fused-ring (bicyclic) bond motifs is 2. The molecule has 0 amide bonds. The Bertz CT molecular complexity index is 1580. The molecule has 0 aliphatic carbocycles. The Kier molecular flexibility index (Phi) is 4.74. The summed E-state index contributed by atoms with van der Waals surface area (Å²) >= 11 is 1.71. The summed E-state index contributed by atoms with van der Waals surface area (Å²) in [5.74, 6) is 0.721. The Morgan fingerprint density at radius 3 is 2.76 bits per heavy atom. The molecule has 6 aromatic rings. The predicted molar refractivity (Wildman–Crippen MR) is 133 cm³/mol. The van der Waals surface area contributed by atoms with E-state index in [0.717, 1.165) is 62.4 Å². The molecule has 162 valence electrons. The third-order valence-electron chi connectivity index (χ3n) is 5.57. The second-order valence-corrected chi connectivity index (χ2v) is 9.22. The maximum atomic E-state index is 4.93. The molecular weight excluding hydrogens is 430 g/mol. The largest absolute Gasteiger partial charge is 0.337 e. The predicted octanol–water partition coefficient (Wildman–Crippen LogP) is 5.35. The van der Waals surface area contributed by atoms with E-state index in [0.29, 0.717) is 0 Å². The highest BCUT2D eigenvalue weighted by Gasteiger charge is 2.16. The van der Waals surface area contributed by atoms with Crippen molar-refractivity contribution < 1.29 is 0 Å². The van der Waals surface area contributed by atoms with Crippen LogP contribution in [-0.4, -0.2) is 49.1 Å². The maximum Gasteiger partial charge on any atom is 0.159 e. The summed E-state index contributed by atoms with van der Waals surface area (Å²) in [5, 5.41) is 10.6. The standard InChI is InChI=1S/C25H21N7S/c1-32(2)14-15-9-16(12-26-11-15)17-10-19-23(30-31-24(19)27-13-17)25-28-20-6-3-5-18(22(20)29-25)21-7-4-8-33-21/h3-13H,14H2,1-2H3,(H,28,29)(H,27,30,31). The van der Waals surface area contributed by atoms with Gasteiger partial charge in [0, 0.05) is 46.7 Å². The SMILES string of the molecule is CN(C)Cc1cncc(-c2cnc3[nH]nc(-c4nc5c(-c6cccs6)cccc5[nH]4)c3c2)c1. The van der Waals surface area contributed by atoms with E-state index in [1.165, 1.54) is 4.88 Å². The normalized spacial score (nSPS) is 11.7. The third kappa shape index (κ3) is 3.59. The topological polar surface area (TPSA) is 86.4 Å². The lowest BCUT2D eigenvalue weighted by atomic mass is 10.1. The molecule has 0 saturated heterocycles. The van der Waals surface area contributed by atoms with Crippen LogP contribution in [0.25, 0.3) is 55.2 Å². The van der Waals surface area contributed by atoms with E-state index in [4.69, 9.17) is 4.98 Å². The zero-order valence-electron chi connectivity index (χ0n) is 18.2. The molecule has 0 radical (unpaired) electrons. The highest BCUT2D eigenvalue weighted by Crippen LogP contribution is 2.34. The van der Waals surface area contributed by atoms with Crippen LogP contribution in [0.3, 0.4) is 0 Å². The smallest absolute Gasteiger partial charge is 0.159 e. The average molecular weight is 452 g/mol. The van der Waals surface area contributed by atoms with Crippen LogP contribution in [0.5, 0.6) is 0 Å². The van der Waals surface area contributed by atoms with E-state index in [2.05, 4.69) is 85.9 Å². The lowest BCUT2D eigenvalue weighted by molar-refractivity contribution is 0.402. The van der Waals surface area contributed by atoms with Gasteiger partial charge in [0.05, 0.1) is 16.4 Å². The number of H-pyrrole nitrogens is 2. The first-order chi connectivity index (χ1) is 16.2. The number of rotatable bonds is 5. The van der Waals surface area contributed by atoms with Crippen molar-refractivity contribution in [1.82, 2.24) is 35.0 Å². The number of hydrogen-bond donors (Lipinski definition) is 2. The zero-order valence-corrected chi connectivity index (χ0v) is 19.0. The Hall–Kier alpha value is -3.88. The molecule has 6 rings (SSSR count). The highest BCUT2D eigenvalue weighted by molar-refractivity contribution is 7.13. The van der Waals surface area contributed by atoms with Gasteiger partial charge >= 0.3 is 0 Å². The van der Waals surface area contributed by atoms with Crippen molar-refractivity contribution in [2.45, 2.75) is 6.54 Å². The number of aromatic amines is 2. The van der Waals surface area contributed by atoms with Crippen LogP contribution < -0.4 is 0 Å². The first-order valence-corrected chi connectivity index (χ1v) is 11.5. The molecule has 0 atom stereocenters. The van der Waals surface area contributed by atoms with Crippen LogP contribution in [0.1, 0.15) is 5.56 Å². The molecule has 33 heavy (non-hydrogen) atoms. The van der Waals surface area contributed by atoms with Crippen molar-refractivity contribution in [2.24, 2.45) is 0 Å². The van der Waals surface area contributed by atoms with Crippen LogP contribution in [0, 0.1) is 0 Å². The molecule has 7 nitrogen and oxygen atoms in total. The van der Waals surface area contributed by atoms with Crippen molar-refractivity contribution in [3.05, 3.63) is 72.0 Å². The van der Waals surface area contributed by atoms with E-state index < -0.39 is 0 Å². The maximum absolute atomic E-state index is 4.93. The van der Waals surface area contributed by atoms with Gasteiger partial charge in [0.1, 0.15) is 5.69 Å². The van der Waals surface area contributed by atoms with Gasteiger partial charge in [-0.25, -0.2) is 9.97 Å². The van der Waals surface area contributed by atoms with Gasteiger partial charge in [-0.2, -0.15) is 5.10 Å². The summed E-state index contributed by atoms with van der Waals surface area (Å²) in [4.78, 5) is 20.7. The van der Waals surface area contributed by atoms with E-state index in [-0.39, 0.29) is 0 Å². The quantitative estimate of drug-likeness (QED) is 0.369. The van der Waals surface area contributed by atoms with Gasteiger partial charge in [-0.15, -0.1) is 11.3 Å². The van der Waals surface area contributed by atoms with Gasteiger partial charge in [-0.3, -0.25) is 10.1 Å². The lowest BCUT2D eigenvalue weighted by Gasteiger charge is -2.10. The Labute approximate surface area is 194 Å². The first kappa shape index (κ1) is 19.8. The number of nitrogens with one attached hydrogen (secondary N) is 2. The molecule has 0 unspecified atom stereocenters. The molecule has 0 aliphatic heterocycles. The van der Waals surface area contributed by atoms with Crippen molar-refractivity contribution in [1.29, 1.82) is 0 Å². The zero-order chi connectivity index (χ0) is 22.4. The number of benzene rings is 1. The van der Waals surface area contributed by atoms with Crippen molar-refractivity contribution in [3.63, 3.8) is 0 Å². The van der Waals surface area contributed by atoms with Crippen LogP contribution in [-0.2, 0) is 6.54 Å². The molecule has 0 spiro atoms. The molecule has 5 aromatic heterocycles. The molecule has 0 aliphatic rings. The van der Waals surface area contributed by atoms with Gasteiger partial charge in [0.25, 0.3) is 0 Å². The fourth-order valence-corrected chi connectivity index (χ4v) is 4.87. The molecule has 0 saturated carbocycles.